The molecule has 4 aliphatic rings. The third kappa shape index (κ3) is 5.97. The van der Waals surface area contributed by atoms with Crippen LogP contribution in [-0.4, -0.2) is 126 Å². The molecule has 0 radical (unpaired) electrons. The standard InChI is InChI=1S/C36H41N7O8S/c1-48-27-7-9-32(31(20-27)49-2)52(46,47)43-30-8-6-24(21-37)19-29(30)36(34(43)44,28-5-4-12-38-33(28)50-3)39-35(45)42-22-26(23-42)40-13-10-25(11-14-40)41-15-17-51-18-16-41/h4-9,12,19-20,25-26H,10-11,13-18,22-23H2,1-3H3,(H,39,45). The van der Waals surface area contributed by atoms with E-state index in [1.54, 1.807) is 17.0 Å². The minimum absolute atomic E-state index is 0.00429. The lowest BCUT2D eigenvalue weighted by Crippen LogP contribution is -2.67. The highest BCUT2D eigenvalue weighted by Crippen LogP contribution is 2.50. The highest BCUT2D eigenvalue weighted by molar-refractivity contribution is 7.93. The van der Waals surface area contributed by atoms with Crippen molar-refractivity contribution < 1.29 is 37.0 Å². The van der Waals surface area contributed by atoms with Gasteiger partial charge in [-0.25, -0.2) is 18.2 Å². The van der Waals surface area contributed by atoms with Gasteiger partial charge in [0, 0.05) is 69.2 Å². The van der Waals surface area contributed by atoms with E-state index in [9.17, 15) is 18.5 Å². The molecule has 1 atom stereocenters. The molecule has 2 aromatic carbocycles. The smallest absolute Gasteiger partial charge is 0.318 e. The molecule has 0 aliphatic carbocycles. The molecule has 1 N–H and O–H groups in total. The minimum Gasteiger partial charge on any atom is -0.497 e. The lowest BCUT2D eigenvalue weighted by molar-refractivity contribution is -0.121. The zero-order valence-electron chi connectivity index (χ0n) is 29.3. The Morgan fingerprint density at radius 1 is 0.942 bits per heavy atom. The van der Waals surface area contributed by atoms with E-state index < -0.39 is 27.5 Å². The molecule has 3 amide bonds. The molecule has 4 aliphatic heterocycles. The van der Waals surface area contributed by atoms with Crippen LogP contribution in [0.4, 0.5) is 10.5 Å². The molecule has 15 nitrogen and oxygen atoms in total. The number of fused-ring (bicyclic) bond motifs is 1. The number of morpholine rings is 1. The number of hydrogen-bond acceptors (Lipinski definition) is 12. The van der Waals surface area contributed by atoms with Gasteiger partial charge in [-0.2, -0.15) is 9.57 Å². The summed E-state index contributed by atoms with van der Waals surface area (Å²) >= 11 is 0. The molecule has 0 spiro atoms. The monoisotopic (exact) mass is 731 g/mol. The van der Waals surface area contributed by atoms with Crippen LogP contribution in [0.15, 0.2) is 59.6 Å². The van der Waals surface area contributed by atoms with Crippen molar-refractivity contribution in [3.8, 4) is 23.4 Å². The SMILES string of the molecule is COc1ccc(S(=O)(=O)N2C(=O)C(NC(=O)N3CC(N4CCC(N5CCOCC5)CC4)C3)(c3cccnc3OC)c3cc(C#N)ccc32)c(OC)c1. The van der Waals surface area contributed by atoms with Gasteiger partial charge < -0.3 is 29.2 Å². The molecule has 0 saturated carbocycles. The summed E-state index contributed by atoms with van der Waals surface area (Å²) in [5, 5.41) is 12.8. The van der Waals surface area contributed by atoms with Gasteiger partial charge in [-0.3, -0.25) is 14.6 Å². The molecular weight excluding hydrogens is 691 g/mol. The topological polar surface area (TPSA) is 167 Å². The fourth-order valence-electron chi connectivity index (χ4n) is 7.72. The largest absolute Gasteiger partial charge is 0.497 e. The van der Waals surface area contributed by atoms with E-state index in [0.717, 1.165) is 52.2 Å². The van der Waals surface area contributed by atoms with E-state index in [1.165, 1.54) is 63.9 Å². The van der Waals surface area contributed by atoms with Crippen LogP contribution in [0.2, 0.25) is 0 Å². The molecule has 52 heavy (non-hydrogen) atoms. The number of benzene rings is 2. The number of pyridine rings is 1. The van der Waals surface area contributed by atoms with Gasteiger partial charge in [-0.15, -0.1) is 0 Å². The first-order valence-corrected chi connectivity index (χ1v) is 18.6. The minimum atomic E-state index is -4.69. The fraction of sp³-hybridized carbons (Fsp3) is 0.444. The first-order valence-electron chi connectivity index (χ1n) is 17.1. The van der Waals surface area contributed by atoms with Crippen LogP contribution in [0.3, 0.4) is 0 Å². The number of carbonyl (C=O) groups excluding carboxylic acids is 2. The van der Waals surface area contributed by atoms with Crippen LogP contribution in [0.1, 0.15) is 29.5 Å². The van der Waals surface area contributed by atoms with E-state index in [-0.39, 0.29) is 44.9 Å². The van der Waals surface area contributed by atoms with Gasteiger partial charge in [-0.1, -0.05) is 0 Å². The maximum Gasteiger partial charge on any atom is 0.318 e. The molecule has 16 heteroatoms. The van der Waals surface area contributed by atoms with E-state index in [0.29, 0.717) is 29.2 Å². The average Bonchev–Trinajstić information content (AvgIpc) is 3.41. The summed E-state index contributed by atoms with van der Waals surface area (Å²) in [5.41, 5.74) is -1.85. The highest BCUT2D eigenvalue weighted by atomic mass is 32.2. The van der Waals surface area contributed by atoms with Gasteiger partial charge in [0.25, 0.3) is 15.9 Å². The number of nitriles is 1. The second kappa shape index (κ2) is 14.2. The van der Waals surface area contributed by atoms with Crippen molar-refractivity contribution >= 4 is 27.6 Å². The number of likely N-dealkylation sites (tertiary alicyclic amines) is 2. The van der Waals surface area contributed by atoms with Gasteiger partial charge in [0.1, 0.15) is 16.4 Å². The predicted molar refractivity (Wildman–Crippen MR) is 188 cm³/mol. The number of hydrogen-bond donors (Lipinski definition) is 1. The Kier molecular flexibility index (Phi) is 9.70. The van der Waals surface area contributed by atoms with Crippen molar-refractivity contribution in [2.75, 3.05) is 78.1 Å². The third-order valence-corrected chi connectivity index (χ3v) is 12.3. The molecule has 1 unspecified atom stereocenters. The molecule has 3 saturated heterocycles. The van der Waals surface area contributed by atoms with Crippen LogP contribution in [0.25, 0.3) is 0 Å². The third-order valence-electron chi connectivity index (χ3n) is 10.5. The van der Waals surface area contributed by atoms with Crippen molar-refractivity contribution in [3.63, 3.8) is 0 Å². The number of aromatic nitrogens is 1. The number of piperidine rings is 1. The number of nitrogens with one attached hydrogen (secondary N) is 1. The highest BCUT2D eigenvalue weighted by Gasteiger charge is 2.59. The number of anilines is 1. The molecule has 7 rings (SSSR count). The maximum atomic E-state index is 15.1. The molecule has 3 fully saturated rings. The van der Waals surface area contributed by atoms with Crippen molar-refractivity contribution in [2.24, 2.45) is 0 Å². The van der Waals surface area contributed by atoms with E-state index >= 15 is 4.79 Å². The van der Waals surface area contributed by atoms with E-state index in [1.807, 2.05) is 0 Å². The van der Waals surface area contributed by atoms with Gasteiger partial charge in [0.2, 0.25) is 5.88 Å². The Balaban J connectivity index is 1.22. The Hall–Kier alpha value is -4.95. The first-order chi connectivity index (χ1) is 25.2. The van der Waals surface area contributed by atoms with Crippen molar-refractivity contribution in [2.45, 2.75) is 35.4 Å². The summed E-state index contributed by atoms with van der Waals surface area (Å²) in [6.45, 7) is 6.14. The predicted octanol–water partition coefficient (Wildman–Crippen LogP) is 2.15. The van der Waals surface area contributed by atoms with Crippen LogP contribution in [0, 0.1) is 11.3 Å². The molecule has 1 aromatic heterocycles. The molecule has 0 bridgehead atoms. The average molecular weight is 732 g/mol. The second-order valence-electron chi connectivity index (χ2n) is 13.1. The summed E-state index contributed by atoms with van der Waals surface area (Å²) in [7, 11) is -0.583. The maximum absolute atomic E-state index is 15.1. The Labute approximate surface area is 302 Å². The number of carbonyl (C=O) groups is 2. The Morgan fingerprint density at radius 2 is 1.67 bits per heavy atom. The summed E-state index contributed by atoms with van der Waals surface area (Å²) in [5.74, 6) is -0.713. The van der Waals surface area contributed by atoms with E-state index in [2.05, 4.69) is 26.2 Å². The fourth-order valence-corrected chi connectivity index (χ4v) is 9.33. The van der Waals surface area contributed by atoms with Crippen molar-refractivity contribution in [1.29, 1.82) is 5.26 Å². The summed E-state index contributed by atoms with van der Waals surface area (Å²) < 4.78 is 51.6. The van der Waals surface area contributed by atoms with Crippen LogP contribution in [-0.2, 0) is 25.1 Å². The molecule has 3 aromatic rings. The first kappa shape index (κ1) is 35.5. The number of sulfonamides is 1. The van der Waals surface area contributed by atoms with Gasteiger partial charge >= 0.3 is 6.03 Å². The number of rotatable bonds is 9. The molecular formula is C36H41N7O8S. The lowest BCUT2D eigenvalue weighted by atomic mass is 9.83. The Morgan fingerprint density at radius 3 is 2.35 bits per heavy atom. The Bertz CT molecular complexity index is 2000. The lowest BCUT2D eigenvalue weighted by Gasteiger charge is -2.49. The second-order valence-corrected chi connectivity index (χ2v) is 14.9. The summed E-state index contributed by atoms with van der Waals surface area (Å²) in [4.78, 5) is 39.9. The molecule has 274 valence electrons. The number of nitrogens with zero attached hydrogens (tertiary/aromatic N) is 6. The quantitative estimate of drug-likeness (QED) is 0.341. The number of amides is 3. The van der Waals surface area contributed by atoms with Crippen molar-refractivity contribution in [3.05, 3.63) is 71.4 Å². The summed E-state index contributed by atoms with van der Waals surface area (Å²) in [6, 6.07) is 13.6. The molecule has 5 heterocycles. The normalized spacial score (nSPS) is 21.6. The number of ether oxygens (including phenoxy) is 4. The zero-order chi connectivity index (χ0) is 36.6. The van der Waals surface area contributed by atoms with Crippen molar-refractivity contribution in [1.82, 2.24) is 25.0 Å². The summed E-state index contributed by atoms with van der Waals surface area (Å²) in [6.07, 6.45) is 3.55. The van der Waals surface area contributed by atoms with Crippen LogP contribution in [0.5, 0.6) is 17.4 Å². The van der Waals surface area contributed by atoms with Gasteiger partial charge in [0.05, 0.1) is 57.4 Å². The van der Waals surface area contributed by atoms with Gasteiger partial charge in [-0.05, 0) is 55.3 Å². The number of methoxy groups -OCH3 is 3. The van der Waals surface area contributed by atoms with Gasteiger partial charge in [0.15, 0.2) is 5.54 Å². The van der Waals surface area contributed by atoms with E-state index in [4.69, 9.17) is 18.9 Å². The zero-order valence-corrected chi connectivity index (χ0v) is 30.1. The number of urea groups is 1. The van der Waals surface area contributed by atoms with Crippen LogP contribution >= 0.6 is 0 Å². The van der Waals surface area contributed by atoms with Crippen LogP contribution < -0.4 is 23.8 Å².